The molecule has 15 heavy (non-hydrogen) atoms. The molecule has 0 saturated carbocycles. The Bertz CT molecular complexity index is 341. The third-order valence-corrected chi connectivity index (χ3v) is 1.97. The number of hydrogen-bond acceptors (Lipinski definition) is 3. The molecule has 0 aromatic heterocycles. The topological polar surface area (TPSA) is 38.3 Å². The quantitative estimate of drug-likeness (QED) is 0.601. The average molecular weight is 205 g/mol. The number of ether oxygens (including phenoxy) is 1. The van der Waals surface area contributed by atoms with Crippen LogP contribution >= 0.6 is 0 Å². The maximum Gasteiger partial charge on any atom is 0.331 e. The van der Waals surface area contributed by atoms with Gasteiger partial charge in [0.05, 0.1) is 7.11 Å². The Balaban J connectivity index is 2.35. The van der Waals surface area contributed by atoms with Gasteiger partial charge in [-0.2, -0.15) is 0 Å². The summed E-state index contributed by atoms with van der Waals surface area (Å²) in [4.78, 5) is 10.7. The number of carbonyl (C=O) groups is 1. The Morgan fingerprint density at radius 2 is 2.07 bits per heavy atom. The Hall–Kier alpha value is -1.77. The monoisotopic (exact) mass is 205 g/mol. The van der Waals surface area contributed by atoms with Crippen molar-refractivity contribution in [1.82, 2.24) is 5.32 Å². The molecular formula is C12H15NO2. The van der Waals surface area contributed by atoms with Gasteiger partial charge in [-0.1, -0.05) is 29.8 Å². The van der Waals surface area contributed by atoms with E-state index in [1.54, 1.807) is 6.20 Å². The van der Waals surface area contributed by atoms with Crippen molar-refractivity contribution in [3.8, 4) is 0 Å². The summed E-state index contributed by atoms with van der Waals surface area (Å²) in [6.45, 7) is 2.75. The second-order valence-corrected chi connectivity index (χ2v) is 3.22. The molecular weight excluding hydrogens is 190 g/mol. The molecule has 0 fully saturated rings. The summed E-state index contributed by atoms with van der Waals surface area (Å²) in [6, 6.07) is 8.21. The molecule has 80 valence electrons. The minimum Gasteiger partial charge on any atom is -0.466 e. The summed E-state index contributed by atoms with van der Waals surface area (Å²) in [7, 11) is 1.35. The predicted octanol–water partition coefficient (Wildman–Crippen LogP) is 1.77. The van der Waals surface area contributed by atoms with Crippen LogP contribution in [0.25, 0.3) is 0 Å². The van der Waals surface area contributed by atoms with E-state index in [2.05, 4.69) is 22.2 Å². The molecule has 0 unspecified atom stereocenters. The van der Waals surface area contributed by atoms with E-state index in [4.69, 9.17) is 0 Å². The third-order valence-electron chi connectivity index (χ3n) is 1.97. The van der Waals surface area contributed by atoms with E-state index in [-0.39, 0.29) is 5.97 Å². The van der Waals surface area contributed by atoms with Crippen molar-refractivity contribution in [2.75, 3.05) is 7.11 Å². The zero-order chi connectivity index (χ0) is 11.1. The molecule has 1 aromatic rings. The van der Waals surface area contributed by atoms with Gasteiger partial charge in [-0.3, -0.25) is 0 Å². The van der Waals surface area contributed by atoms with Crippen molar-refractivity contribution in [3.63, 3.8) is 0 Å². The summed E-state index contributed by atoms with van der Waals surface area (Å²) in [5, 5.41) is 3.00. The van der Waals surface area contributed by atoms with E-state index in [0.717, 1.165) is 0 Å². The largest absolute Gasteiger partial charge is 0.466 e. The first-order valence-corrected chi connectivity index (χ1v) is 4.76. The lowest BCUT2D eigenvalue weighted by Gasteiger charge is -2.01. The van der Waals surface area contributed by atoms with Gasteiger partial charge in [-0.25, -0.2) is 4.79 Å². The average Bonchev–Trinajstić information content (AvgIpc) is 2.26. The number of carbonyl (C=O) groups excluding carboxylic acids is 1. The van der Waals surface area contributed by atoms with E-state index in [1.807, 2.05) is 19.1 Å². The molecule has 0 aliphatic carbocycles. The van der Waals surface area contributed by atoms with E-state index < -0.39 is 0 Å². The first-order valence-electron chi connectivity index (χ1n) is 4.76. The fourth-order valence-corrected chi connectivity index (χ4v) is 1.08. The van der Waals surface area contributed by atoms with E-state index >= 15 is 0 Å². The first-order chi connectivity index (χ1) is 7.22. The molecule has 1 N–H and O–H groups in total. The highest BCUT2D eigenvalue weighted by Crippen LogP contribution is 2.02. The number of esters is 1. The lowest BCUT2D eigenvalue weighted by Crippen LogP contribution is -2.06. The van der Waals surface area contributed by atoms with Crippen molar-refractivity contribution in [3.05, 3.63) is 47.7 Å². The molecule has 0 radical (unpaired) electrons. The molecule has 0 saturated heterocycles. The molecule has 0 spiro atoms. The minimum atomic E-state index is -0.355. The summed E-state index contributed by atoms with van der Waals surface area (Å²) >= 11 is 0. The van der Waals surface area contributed by atoms with Crippen LogP contribution in [0, 0.1) is 6.92 Å². The van der Waals surface area contributed by atoms with Crippen molar-refractivity contribution in [2.45, 2.75) is 13.5 Å². The van der Waals surface area contributed by atoms with Crippen LogP contribution in [0.15, 0.2) is 36.5 Å². The lowest BCUT2D eigenvalue weighted by atomic mass is 10.1. The molecule has 1 aromatic carbocycles. The molecule has 3 nitrogen and oxygen atoms in total. The van der Waals surface area contributed by atoms with Crippen molar-refractivity contribution in [2.24, 2.45) is 0 Å². The highest BCUT2D eigenvalue weighted by molar-refractivity contribution is 5.81. The normalized spacial score (nSPS) is 10.3. The van der Waals surface area contributed by atoms with Crippen LogP contribution in [-0.2, 0) is 16.1 Å². The van der Waals surface area contributed by atoms with Gasteiger partial charge in [-0.15, -0.1) is 0 Å². The highest BCUT2D eigenvalue weighted by Gasteiger charge is 1.91. The minimum absolute atomic E-state index is 0.355. The number of rotatable bonds is 4. The smallest absolute Gasteiger partial charge is 0.331 e. The molecule has 0 bridgehead atoms. The fraction of sp³-hybridized carbons (Fsp3) is 0.250. The highest BCUT2D eigenvalue weighted by atomic mass is 16.5. The summed E-state index contributed by atoms with van der Waals surface area (Å²) < 4.78 is 4.45. The van der Waals surface area contributed by atoms with E-state index in [9.17, 15) is 4.79 Å². The molecule has 0 aliphatic heterocycles. The second kappa shape index (κ2) is 5.86. The molecule has 3 heteroatoms. The van der Waals surface area contributed by atoms with Gasteiger partial charge in [0, 0.05) is 18.8 Å². The van der Waals surface area contributed by atoms with Gasteiger partial charge in [0.1, 0.15) is 0 Å². The van der Waals surface area contributed by atoms with E-state index in [1.165, 1.54) is 24.3 Å². The first kappa shape index (κ1) is 11.3. The summed E-state index contributed by atoms with van der Waals surface area (Å²) in [5.41, 5.74) is 2.42. The van der Waals surface area contributed by atoms with Gasteiger partial charge in [0.25, 0.3) is 0 Å². The number of nitrogens with one attached hydrogen (secondary N) is 1. The van der Waals surface area contributed by atoms with Crippen molar-refractivity contribution in [1.29, 1.82) is 0 Å². The van der Waals surface area contributed by atoms with Gasteiger partial charge in [0.15, 0.2) is 0 Å². The maximum atomic E-state index is 10.7. The molecule has 0 amide bonds. The molecule has 0 aliphatic rings. The van der Waals surface area contributed by atoms with Crippen LogP contribution < -0.4 is 5.32 Å². The summed E-state index contributed by atoms with van der Waals surface area (Å²) in [6.07, 6.45) is 2.94. The van der Waals surface area contributed by atoms with Gasteiger partial charge in [-0.05, 0) is 12.5 Å². The number of aryl methyl sites for hydroxylation is 1. The Labute approximate surface area is 89.8 Å². The molecule has 0 heterocycles. The number of methoxy groups -OCH3 is 1. The van der Waals surface area contributed by atoms with Gasteiger partial charge in [0.2, 0.25) is 0 Å². The lowest BCUT2D eigenvalue weighted by molar-refractivity contribution is -0.134. The van der Waals surface area contributed by atoms with Crippen LogP contribution in [0.3, 0.4) is 0 Å². The molecule has 0 atom stereocenters. The third kappa shape index (κ3) is 4.31. The molecule has 1 rings (SSSR count). The van der Waals surface area contributed by atoms with Crippen LogP contribution in [-0.4, -0.2) is 13.1 Å². The Kier molecular flexibility index (Phi) is 4.41. The van der Waals surface area contributed by atoms with Gasteiger partial charge >= 0.3 is 5.97 Å². The Morgan fingerprint density at radius 1 is 1.40 bits per heavy atom. The van der Waals surface area contributed by atoms with Crippen LogP contribution in [0.1, 0.15) is 11.1 Å². The second-order valence-electron chi connectivity index (χ2n) is 3.22. The zero-order valence-electron chi connectivity index (χ0n) is 8.99. The van der Waals surface area contributed by atoms with E-state index in [0.29, 0.717) is 6.54 Å². The number of benzene rings is 1. The van der Waals surface area contributed by atoms with Crippen molar-refractivity contribution < 1.29 is 9.53 Å². The SMILES string of the molecule is COC(=O)/C=C/NCc1ccc(C)cc1. The van der Waals surface area contributed by atoms with Crippen LogP contribution in [0.2, 0.25) is 0 Å². The fourth-order valence-electron chi connectivity index (χ4n) is 1.08. The number of hydrogen-bond donors (Lipinski definition) is 1. The van der Waals surface area contributed by atoms with Gasteiger partial charge < -0.3 is 10.1 Å². The predicted molar refractivity (Wildman–Crippen MR) is 59.2 cm³/mol. The van der Waals surface area contributed by atoms with Crippen molar-refractivity contribution >= 4 is 5.97 Å². The summed E-state index contributed by atoms with van der Waals surface area (Å²) in [5.74, 6) is -0.355. The Morgan fingerprint density at radius 3 is 2.67 bits per heavy atom. The van der Waals surface area contributed by atoms with Crippen LogP contribution in [0.4, 0.5) is 0 Å². The maximum absolute atomic E-state index is 10.7. The standard InChI is InChI=1S/C12H15NO2/c1-10-3-5-11(6-4-10)9-13-8-7-12(14)15-2/h3-8,13H,9H2,1-2H3/b8-7+. The van der Waals surface area contributed by atoms with Crippen LogP contribution in [0.5, 0.6) is 0 Å². The zero-order valence-corrected chi connectivity index (χ0v) is 8.99.